The summed E-state index contributed by atoms with van der Waals surface area (Å²) in [6.45, 7) is 0. The molecule has 0 N–H and O–H groups in total. The van der Waals surface area contributed by atoms with E-state index in [2.05, 4.69) is 71.6 Å². The first-order valence-electron chi connectivity index (χ1n) is 13.3. The quantitative estimate of drug-likeness (QED) is 0.220. The Balaban J connectivity index is 1.29. The number of benzene rings is 6. The molecule has 7 rings (SSSR count). The van der Waals surface area contributed by atoms with E-state index in [0.717, 1.165) is 61.6 Å². The van der Waals surface area contributed by atoms with Crippen molar-refractivity contribution < 1.29 is 9.53 Å². The predicted octanol–water partition coefficient (Wildman–Crippen LogP) is 9.28. The van der Waals surface area contributed by atoms with Crippen LogP contribution in [0.15, 0.2) is 140 Å². The largest absolute Gasteiger partial charge is 0.497 e. The molecule has 4 heteroatoms. The van der Waals surface area contributed by atoms with Gasteiger partial charge >= 0.3 is 0 Å². The van der Waals surface area contributed by atoms with E-state index in [1.54, 1.807) is 7.11 Å². The van der Waals surface area contributed by atoms with Crippen LogP contribution in [0.2, 0.25) is 0 Å². The third kappa shape index (κ3) is 3.89. The topological polar surface area (TPSA) is 32.8 Å². The summed E-state index contributed by atoms with van der Waals surface area (Å²) in [7, 11) is 1.67. The van der Waals surface area contributed by atoms with Crippen molar-refractivity contribution in [1.29, 1.82) is 0 Å². The van der Waals surface area contributed by atoms with Gasteiger partial charge in [0.2, 0.25) is 0 Å². The molecule has 0 bridgehead atoms. The van der Waals surface area contributed by atoms with Crippen molar-refractivity contribution in [3.8, 4) is 16.9 Å². The van der Waals surface area contributed by atoms with Gasteiger partial charge < -0.3 is 9.64 Å². The monoisotopic (exact) mass is 518 g/mol. The van der Waals surface area contributed by atoms with E-state index in [0.29, 0.717) is 0 Å². The van der Waals surface area contributed by atoms with Crippen LogP contribution in [-0.4, -0.2) is 13.0 Å². The summed E-state index contributed by atoms with van der Waals surface area (Å²) in [4.78, 5) is 17.8. The molecule has 0 aliphatic carbocycles. The van der Waals surface area contributed by atoms with Crippen LogP contribution < -0.4 is 14.5 Å². The highest BCUT2D eigenvalue weighted by molar-refractivity contribution is 6.29. The predicted molar refractivity (Wildman–Crippen MR) is 164 cm³/mol. The van der Waals surface area contributed by atoms with E-state index < -0.39 is 0 Å². The Morgan fingerprint density at radius 3 is 1.82 bits per heavy atom. The number of amides is 1. The van der Waals surface area contributed by atoms with E-state index in [4.69, 9.17) is 4.74 Å². The molecule has 0 saturated carbocycles. The Kier molecular flexibility index (Phi) is 5.79. The normalized spacial score (nSPS) is 12.1. The van der Waals surface area contributed by atoms with Gasteiger partial charge in [0.25, 0.3) is 5.91 Å². The molecule has 6 aromatic carbocycles. The van der Waals surface area contributed by atoms with Gasteiger partial charge in [0.05, 0.1) is 18.4 Å². The Labute approximate surface area is 233 Å². The zero-order valence-electron chi connectivity index (χ0n) is 22.0. The smallest absolute Gasteiger partial charge is 0.263 e. The van der Waals surface area contributed by atoms with Gasteiger partial charge in [-0.25, -0.2) is 0 Å². The standard InChI is InChI=1S/C36H26N2O2/c1-40-30-21-15-25(16-22-30)31-23-24-34-35-32(31)13-8-14-33(35)36(39)38(34)29-19-17-28(18-20-29)37(26-9-4-2-5-10-26)27-11-6-3-7-12-27/h2-24H,1H3. The summed E-state index contributed by atoms with van der Waals surface area (Å²) >= 11 is 0. The van der Waals surface area contributed by atoms with Gasteiger partial charge in [-0.2, -0.15) is 0 Å². The van der Waals surface area contributed by atoms with Crippen molar-refractivity contribution in [2.24, 2.45) is 0 Å². The van der Waals surface area contributed by atoms with Crippen LogP contribution in [-0.2, 0) is 0 Å². The number of methoxy groups -OCH3 is 1. The highest BCUT2D eigenvalue weighted by Gasteiger charge is 2.32. The molecular weight excluding hydrogens is 492 g/mol. The Morgan fingerprint density at radius 2 is 1.20 bits per heavy atom. The first kappa shape index (κ1) is 23.7. The highest BCUT2D eigenvalue weighted by atomic mass is 16.5. The minimum Gasteiger partial charge on any atom is -0.497 e. The minimum atomic E-state index is -0.0109. The number of anilines is 5. The summed E-state index contributed by atoms with van der Waals surface area (Å²) in [5, 5.41) is 2.05. The van der Waals surface area contributed by atoms with Crippen LogP contribution in [0.25, 0.3) is 21.9 Å². The van der Waals surface area contributed by atoms with Crippen molar-refractivity contribution >= 4 is 45.1 Å². The van der Waals surface area contributed by atoms with E-state index in [1.165, 1.54) is 0 Å². The van der Waals surface area contributed by atoms with Crippen LogP contribution in [0.4, 0.5) is 28.4 Å². The van der Waals surface area contributed by atoms with E-state index >= 15 is 0 Å². The van der Waals surface area contributed by atoms with E-state index in [9.17, 15) is 4.79 Å². The fraction of sp³-hybridized carbons (Fsp3) is 0.0278. The maximum atomic E-state index is 13.8. The van der Waals surface area contributed by atoms with Gasteiger partial charge in [-0.1, -0.05) is 66.7 Å². The van der Waals surface area contributed by atoms with Crippen LogP contribution >= 0.6 is 0 Å². The molecule has 1 amide bonds. The van der Waals surface area contributed by atoms with Gasteiger partial charge in [0.1, 0.15) is 5.75 Å². The van der Waals surface area contributed by atoms with Gasteiger partial charge in [-0.3, -0.25) is 9.69 Å². The fourth-order valence-corrected chi connectivity index (χ4v) is 5.61. The average Bonchev–Trinajstić information content (AvgIpc) is 3.31. The van der Waals surface area contributed by atoms with Crippen molar-refractivity contribution in [2.45, 2.75) is 0 Å². The summed E-state index contributed by atoms with van der Waals surface area (Å²) in [6, 6.07) is 47.0. The number of nitrogens with zero attached hydrogens (tertiary/aromatic N) is 2. The molecule has 6 aromatic rings. The number of carbonyl (C=O) groups excluding carboxylic acids is 1. The van der Waals surface area contributed by atoms with Crippen LogP contribution in [0.5, 0.6) is 5.75 Å². The van der Waals surface area contributed by atoms with Gasteiger partial charge in [-0.05, 0) is 89.3 Å². The van der Waals surface area contributed by atoms with Gasteiger partial charge in [-0.15, -0.1) is 0 Å². The SMILES string of the molecule is COc1ccc(-c2ccc3c4c(cccc24)C(=O)N3c2ccc(N(c3ccccc3)c3ccccc3)cc2)cc1. The van der Waals surface area contributed by atoms with Gasteiger partial charge in [0, 0.05) is 28.1 Å². The molecule has 0 atom stereocenters. The zero-order chi connectivity index (χ0) is 27.1. The summed E-state index contributed by atoms with van der Waals surface area (Å²) in [5.41, 5.74) is 7.81. The molecule has 192 valence electrons. The van der Waals surface area contributed by atoms with Crippen LogP contribution in [0.1, 0.15) is 10.4 Å². The second-order valence-corrected chi connectivity index (χ2v) is 9.75. The summed E-state index contributed by atoms with van der Waals surface area (Å²) in [6.07, 6.45) is 0. The lowest BCUT2D eigenvalue weighted by Crippen LogP contribution is -2.20. The molecule has 0 radical (unpaired) electrons. The third-order valence-electron chi connectivity index (χ3n) is 7.49. The van der Waals surface area contributed by atoms with E-state index in [1.807, 2.05) is 77.7 Å². The highest BCUT2D eigenvalue weighted by Crippen LogP contribution is 2.45. The number of carbonyl (C=O) groups is 1. The molecular formula is C36H26N2O2. The Morgan fingerprint density at radius 1 is 0.575 bits per heavy atom. The van der Waals surface area contributed by atoms with Crippen molar-refractivity contribution in [1.82, 2.24) is 0 Å². The van der Waals surface area contributed by atoms with Crippen LogP contribution in [0.3, 0.4) is 0 Å². The number of ether oxygens (including phenoxy) is 1. The lowest BCUT2D eigenvalue weighted by Gasteiger charge is -2.26. The lowest BCUT2D eigenvalue weighted by atomic mass is 9.96. The fourth-order valence-electron chi connectivity index (χ4n) is 5.61. The number of para-hydroxylation sites is 2. The first-order chi connectivity index (χ1) is 19.7. The Bertz CT molecular complexity index is 1790. The van der Waals surface area contributed by atoms with Crippen molar-refractivity contribution in [3.05, 3.63) is 145 Å². The van der Waals surface area contributed by atoms with Crippen molar-refractivity contribution in [3.63, 3.8) is 0 Å². The number of rotatable bonds is 6. The maximum Gasteiger partial charge on any atom is 0.263 e. The molecule has 0 spiro atoms. The lowest BCUT2D eigenvalue weighted by molar-refractivity contribution is 0.100. The molecule has 4 nitrogen and oxygen atoms in total. The minimum absolute atomic E-state index is 0.0109. The average molecular weight is 519 g/mol. The third-order valence-corrected chi connectivity index (χ3v) is 7.49. The number of hydrogen-bond donors (Lipinski definition) is 0. The zero-order valence-corrected chi connectivity index (χ0v) is 22.0. The Hall–Kier alpha value is -5.35. The summed E-state index contributed by atoms with van der Waals surface area (Å²) in [5.74, 6) is 0.806. The van der Waals surface area contributed by atoms with Crippen molar-refractivity contribution in [2.75, 3.05) is 16.9 Å². The molecule has 1 aliphatic heterocycles. The molecule has 1 aliphatic rings. The molecule has 0 saturated heterocycles. The second kappa shape index (κ2) is 9.75. The molecule has 40 heavy (non-hydrogen) atoms. The maximum absolute atomic E-state index is 13.8. The molecule has 1 heterocycles. The first-order valence-corrected chi connectivity index (χ1v) is 13.3. The second-order valence-electron chi connectivity index (χ2n) is 9.75. The van der Waals surface area contributed by atoms with Crippen LogP contribution in [0, 0.1) is 0 Å². The van der Waals surface area contributed by atoms with E-state index in [-0.39, 0.29) is 5.91 Å². The molecule has 0 fully saturated rings. The summed E-state index contributed by atoms with van der Waals surface area (Å²) < 4.78 is 5.34. The van der Waals surface area contributed by atoms with Gasteiger partial charge in [0.15, 0.2) is 0 Å². The molecule has 0 unspecified atom stereocenters. The number of hydrogen-bond acceptors (Lipinski definition) is 3. The molecule has 0 aromatic heterocycles.